The Kier molecular flexibility index (Phi) is 6.89. The van der Waals surface area contributed by atoms with Gasteiger partial charge in [-0.2, -0.15) is 5.10 Å². The van der Waals surface area contributed by atoms with E-state index in [-0.39, 0.29) is 17.9 Å². The highest BCUT2D eigenvalue weighted by molar-refractivity contribution is 5.92. The lowest BCUT2D eigenvalue weighted by atomic mass is 9.98. The van der Waals surface area contributed by atoms with E-state index in [0.717, 1.165) is 64.1 Å². The Morgan fingerprint density at radius 2 is 1.87 bits per heavy atom. The normalized spacial score (nSPS) is 24.2. The predicted octanol–water partition coefficient (Wildman–Crippen LogP) is 2.12. The van der Waals surface area contributed by atoms with Crippen LogP contribution in [0.25, 0.3) is 0 Å². The van der Waals surface area contributed by atoms with E-state index in [2.05, 4.69) is 15.3 Å². The maximum absolute atomic E-state index is 12.4. The minimum absolute atomic E-state index is 0.0278. The standard InChI is InChI=1S/C21H33N5O4/c1-2-30-21(28)25-12-4-17(5-13-25)24-10-6-18(7-11-24)26-19(3-9-22-26)23-20(27)16-8-14-29-15-16/h3,9,16-18H,2,4-8,10-15H2,1H3,(H,23,27)/t16-/m0/s1. The van der Waals surface area contributed by atoms with Gasteiger partial charge in [-0.05, 0) is 39.0 Å². The first-order chi connectivity index (χ1) is 14.7. The number of anilines is 1. The zero-order valence-electron chi connectivity index (χ0n) is 17.8. The zero-order chi connectivity index (χ0) is 20.9. The molecule has 1 atom stereocenters. The van der Waals surface area contributed by atoms with Crippen molar-refractivity contribution in [2.24, 2.45) is 5.92 Å². The summed E-state index contributed by atoms with van der Waals surface area (Å²) in [6, 6.07) is 2.70. The van der Waals surface area contributed by atoms with E-state index >= 15 is 0 Å². The van der Waals surface area contributed by atoms with Gasteiger partial charge in [0.05, 0.1) is 31.4 Å². The number of nitrogens with zero attached hydrogens (tertiary/aromatic N) is 4. The highest BCUT2D eigenvalue weighted by Gasteiger charge is 2.31. The molecule has 3 aliphatic rings. The van der Waals surface area contributed by atoms with Crippen LogP contribution in [0.15, 0.2) is 12.3 Å². The lowest BCUT2D eigenvalue weighted by Gasteiger charge is -2.41. The second-order valence-electron chi connectivity index (χ2n) is 8.40. The molecule has 0 radical (unpaired) electrons. The molecule has 1 N–H and O–H groups in total. The Morgan fingerprint density at radius 3 is 2.53 bits per heavy atom. The molecule has 0 bridgehead atoms. The number of hydrogen-bond acceptors (Lipinski definition) is 6. The number of rotatable bonds is 5. The van der Waals surface area contributed by atoms with E-state index in [9.17, 15) is 9.59 Å². The van der Waals surface area contributed by atoms with E-state index in [1.54, 1.807) is 6.20 Å². The van der Waals surface area contributed by atoms with Crippen LogP contribution in [0.1, 0.15) is 45.1 Å². The fourth-order valence-corrected chi connectivity index (χ4v) is 4.80. The molecule has 4 heterocycles. The van der Waals surface area contributed by atoms with Crippen LogP contribution in [0.2, 0.25) is 0 Å². The van der Waals surface area contributed by atoms with E-state index in [1.807, 2.05) is 22.6 Å². The molecule has 3 saturated heterocycles. The molecule has 0 spiro atoms. The highest BCUT2D eigenvalue weighted by Crippen LogP contribution is 2.29. The SMILES string of the molecule is CCOC(=O)N1CCC(N2CCC(n3nccc3NC(=O)[C@H]3CCOC3)CC2)CC1. The van der Waals surface area contributed by atoms with Crippen LogP contribution in [0.4, 0.5) is 10.6 Å². The van der Waals surface area contributed by atoms with Crippen molar-refractivity contribution in [1.82, 2.24) is 19.6 Å². The monoisotopic (exact) mass is 419 g/mol. The quantitative estimate of drug-likeness (QED) is 0.786. The van der Waals surface area contributed by atoms with Crippen molar-refractivity contribution in [2.75, 3.05) is 51.3 Å². The minimum atomic E-state index is -0.188. The van der Waals surface area contributed by atoms with Gasteiger partial charge in [-0.1, -0.05) is 0 Å². The van der Waals surface area contributed by atoms with Crippen molar-refractivity contribution in [3.8, 4) is 0 Å². The average Bonchev–Trinajstić information content (AvgIpc) is 3.47. The summed E-state index contributed by atoms with van der Waals surface area (Å²) in [6.45, 7) is 7.00. The lowest BCUT2D eigenvalue weighted by molar-refractivity contribution is -0.119. The summed E-state index contributed by atoms with van der Waals surface area (Å²) >= 11 is 0. The Bertz CT molecular complexity index is 717. The number of carbonyl (C=O) groups excluding carboxylic acids is 2. The molecule has 1 aromatic heterocycles. The van der Waals surface area contributed by atoms with E-state index in [1.165, 1.54) is 0 Å². The predicted molar refractivity (Wildman–Crippen MR) is 111 cm³/mol. The summed E-state index contributed by atoms with van der Waals surface area (Å²) in [4.78, 5) is 28.7. The van der Waals surface area contributed by atoms with Gasteiger partial charge in [-0.3, -0.25) is 4.79 Å². The van der Waals surface area contributed by atoms with Crippen molar-refractivity contribution in [2.45, 2.75) is 51.1 Å². The van der Waals surface area contributed by atoms with Gasteiger partial charge in [-0.25, -0.2) is 9.48 Å². The molecule has 0 unspecified atom stereocenters. The molecule has 3 aliphatic heterocycles. The van der Waals surface area contributed by atoms with E-state index in [4.69, 9.17) is 9.47 Å². The van der Waals surface area contributed by atoms with Gasteiger partial charge in [0.25, 0.3) is 0 Å². The van der Waals surface area contributed by atoms with Crippen LogP contribution >= 0.6 is 0 Å². The number of likely N-dealkylation sites (tertiary alicyclic amines) is 2. The van der Waals surface area contributed by atoms with Crippen LogP contribution in [0.5, 0.6) is 0 Å². The topological polar surface area (TPSA) is 88.9 Å². The second-order valence-corrected chi connectivity index (χ2v) is 8.40. The number of carbonyl (C=O) groups is 2. The molecule has 1 aromatic rings. The summed E-state index contributed by atoms with van der Waals surface area (Å²) in [5, 5.41) is 7.55. The van der Waals surface area contributed by atoms with Gasteiger partial charge in [-0.15, -0.1) is 0 Å². The maximum atomic E-state index is 12.4. The molecular formula is C21H33N5O4. The minimum Gasteiger partial charge on any atom is -0.450 e. The molecule has 3 fully saturated rings. The van der Waals surface area contributed by atoms with Crippen molar-refractivity contribution in [1.29, 1.82) is 0 Å². The molecule has 0 saturated carbocycles. The van der Waals surface area contributed by atoms with Crippen molar-refractivity contribution >= 4 is 17.8 Å². The number of ether oxygens (including phenoxy) is 2. The first-order valence-corrected chi connectivity index (χ1v) is 11.2. The second kappa shape index (κ2) is 9.78. The number of nitrogens with one attached hydrogen (secondary N) is 1. The first-order valence-electron chi connectivity index (χ1n) is 11.2. The fourth-order valence-electron chi connectivity index (χ4n) is 4.80. The van der Waals surface area contributed by atoms with Crippen LogP contribution in [0.3, 0.4) is 0 Å². The lowest BCUT2D eigenvalue weighted by Crippen LogP contribution is -2.49. The van der Waals surface area contributed by atoms with E-state index < -0.39 is 0 Å². The average molecular weight is 420 g/mol. The molecule has 9 heteroatoms. The van der Waals surface area contributed by atoms with Crippen LogP contribution in [-0.2, 0) is 14.3 Å². The molecular weight excluding hydrogens is 386 g/mol. The largest absolute Gasteiger partial charge is 0.450 e. The Balaban J connectivity index is 1.26. The van der Waals surface area contributed by atoms with Gasteiger partial charge in [0.2, 0.25) is 5.91 Å². The van der Waals surface area contributed by atoms with Crippen LogP contribution in [-0.4, -0.2) is 83.6 Å². The first kappa shape index (κ1) is 21.1. The fraction of sp³-hybridized carbons (Fsp3) is 0.762. The molecule has 0 aromatic carbocycles. The Labute approximate surface area is 177 Å². The molecule has 0 aliphatic carbocycles. The van der Waals surface area contributed by atoms with Crippen LogP contribution < -0.4 is 5.32 Å². The molecule has 4 rings (SSSR count). The number of hydrogen-bond donors (Lipinski definition) is 1. The van der Waals surface area contributed by atoms with Gasteiger partial charge >= 0.3 is 6.09 Å². The number of piperidine rings is 2. The third-order valence-corrected chi connectivity index (χ3v) is 6.57. The third kappa shape index (κ3) is 4.78. The van der Waals surface area contributed by atoms with Crippen molar-refractivity contribution < 1.29 is 19.1 Å². The summed E-state index contributed by atoms with van der Waals surface area (Å²) in [5.41, 5.74) is 0. The molecule has 30 heavy (non-hydrogen) atoms. The smallest absolute Gasteiger partial charge is 0.409 e. The van der Waals surface area contributed by atoms with Crippen molar-refractivity contribution in [3.63, 3.8) is 0 Å². The molecule has 2 amide bonds. The van der Waals surface area contributed by atoms with Gasteiger partial charge in [0, 0.05) is 44.9 Å². The van der Waals surface area contributed by atoms with Gasteiger partial charge in [0.15, 0.2) is 0 Å². The summed E-state index contributed by atoms with van der Waals surface area (Å²) < 4.78 is 12.4. The van der Waals surface area contributed by atoms with Crippen molar-refractivity contribution in [3.05, 3.63) is 12.3 Å². The van der Waals surface area contributed by atoms with Gasteiger partial charge in [0.1, 0.15) is 5.82 Å². The Hall–Kier alpha value is -2.13. The number of aromatic nitrogens is 2. The summed E-state index contributed by atoms with van der Waals surface area (Å²) in [7, 11) is 0. The summed E-state index contributed by atoms with van der Waals surface area (Å²) in [6.07, 6.45) is 6.37. The van der Waals surface area contributed by atoms with Gasteiger partial charge < -0.3 is 24.6 Å². The highest BCUT2D eigenvalue weighted by atomic mass is 16.6. The third-order valence-electron chi connectivity index (χ3n) is 6.57. The van der Waals surface area contributed by atoms with E-state index in [0.29, 0.717) is 31.9 Å². The molecule has 166 valence electrons. The maximum Gasteiger partial charge on any atom is 0.409 e. The Morgan fingerprint density at radius 1 is 1.13 bits per heavy atom. The molecule has 9 nitrogen and oxygen atoms in total. The zero-order valence-corrected chi connectivity index (χ0v) is 17.8. The number of amides is 2. The summed E-state index contributed by atoms with van der Waals surface area (Å²) in [5.74, 6) is 0.754. The van der Waals surface area contributed by atoms with Crippen LogP contribution in [0, 0.1) is 5.92 Å².